The normalized spacial score (nSPS) is 17.4. The number of hydrogen-bond donors (Lipinski definition) is 2. The fourth-order valence-electron chi connectivity index (χ4n) is 2.26. The molecule has 0 bridgehead atoms. The smallest absolute Gasteiger partial charge is 0.422 e. The first kappa shape index (κ1) is 18.1. The second-order valence-corrected chi connectivity index (χ2v) is 5.29. The summed E-state index contributed by atoms with van der Waals surface area (Å²) in [4.78, 5) is 23.6. The van der Waals surface area contributed by atoms with Crippen molar-refractivity contribution in [2.75, 3.05) is 32.1 Å². The van der Waals surface area contributed by atoms with Crippen molar-refractivity contribution in [2.24, 2.45) is 5.92 Å². The summed E-state index contributed by atoms with van der Waals surface area (Å²) in [5.74, 6) is -1.54. The highest BCUT2D eigenvalue weighted by molar-refractivity contribution is 5.96. The molecule has 1 aromatic rings. The van der Waals surface area contributed by atoms with Crippen LogP contribution in [0.25, 0.3) is 0 Å². The number of carbonyl (C=O) groups excluding carboxylic acids is 2. The Balaban J connectivity index is 2.20. The topological polar surface area (TPSA) is 76.7 Å². The third-order valence-corrected chi connectivity index (χ3v) is 3.48. The van der Waals surface area contributed by atoms with Gasteiger partial charge in [-0.15, -0.1) is 0 Å². The molecule has 9 heteroatoms. The van der Waals surface area contributed by atoms with Crippen LogP contribution in [0.4, 0.5) is 18.9 Å². The Labute approximate surface area is 136 Å². The summed E-state index contributed by atoms with van der Waals surface area (Å²) < 4.78 is 46.4. The molecule has 0 aromatic heterocycles. The van der Waals surface area contributed by atoms with E-state index in [2.05, 4.69) is 15.4 Å². The van der Waals surface area contributed by atoms with Crippen LogP contribution in [0, 0.1) is 5.92 Å². The molecule has 0 saturated carbocycles. The highest BCUT2D eigenvalue weighted by Gasteiger charge is 2.29. The maximum Gasteiger partial charge on any atom is 0.422 e. The van der Waals surface area contributed by atoms with Gasteiger partial charge < -0.3 is 20.1 Å². The van der Waals surface area contributed by atoms with Crippen LogP contribution in [0.15, 0.2) is 18.2 Å². The lowest BCUT2D eigenvalue weighted by Gasteiger charge is -2.16. The third-order valence-electron chi connectivity index (χ3n) is 3.48. The van der Waals surface area contributed by atoms with E-state index in [-0.39, 0.29) is 28.8 Å². The van der Waals surface area contributed by atoms with Gasteiger partial charge in [0.2, 0.25) is 5.91 Å². The Morgan fingerprint density at radius 1 is 1.38 bits per heavy atom. The average molecular weight is 346 g/mol. The predicted octanol–water partition coefficient (Wildman–Crippen LogP) is 1.96. The van der Waals surface area contributed by atoms with Gasteiger partial charge in [-0.25, -0.2) is 4.79 Å². The van der Waals surface area contributed by atoms with E-state index in [1.807, 2.05) is 0 Å². The van der Waals surface area contributed by atoms with Crippen LogP contribution < -0.4 is 15.4 Å². The Hall–Kier alpha value is -2.29. The van der Waals surface area contributed by atoms with E-state index in [0.717, 1.165) is 13.2 Å². The van der Waals surface area contributed by atoms with Crippen LogP contribution in [-0.4, -0.2) is 44.9 Å². The molecule has 2 N–H and O–H groups in total. The number of ether oxygens (including phenoxy) is 2. The van der Waals surface area contributed by atoms with Gasteiger partial charge in [0.05, 0.1) is 24.3 Å². The first-order chi connectivity index (χ1) is 11.3. The average Bonchev–Trinajstić information content (AvgIpc) is 3.06. The summed E-state index contributed by atoms with van der Waals surface area (Å²) in [5.41, 5.74) is 0.0963. The Bertz CT molecular complexity index is 613. The van der Waals surface area contributed by atoms with Crippen molar-refractivity contribution >= 4 is 17.6 Å². The fourth-order valence-corrected chi connectivity index (χ4v) is 2.26. The second kappa shape index (κ2) is 7.52. The van der Waals surface area contributed by atoms with Gasteiger partial charge in [0.15, 0.2) is 6.61 Å². The molecule has 24 heavy (non-hydrogen) atoms. The van der Waals surface area contributed by atoms with E-state index < -0.39 is 18.8 Å². The van der Waals surface area contributed by atoms with Gasteiger partial charge in [-0.1, -0.05) is 0 Å². The number of benzene rings is 1. The lowest BCUT2D eigenvalue weighted by Crippen LogP contribution is -2.25. The molecular formula is C15H17F3N2O4. The van der Waals surface area contributed by atoms with Crippen molar-refractivity contribution in [2.45, 2.75) is 12.6 Å². The summed E-state index contributed by atoms with van der Waals surface area (Å²) in [6, 6.07) is 3.77. The number of methoxy groups -OCH3 is 1. The van der Waals surface area contributed by atoms with Crippen LogP contribution in [0.5, 0.6) is 5.75 Å². The summed E-state index contributed by atoms with van der Waals surface area (Å²) in [6.07, 6.45) is -3.90. The van der Waals surface area contributed by atoms with E-state index in [1.165, 1.54) is 12.1 Å². The molecule has 1 atom stereocenters. The van der Waals surface area contributed by atoms with Crippen LogP contribution in [0.1, 0.15) is 16.8 Å². The monoisotopic (exact) mass is 346 g/mol. The maximum atomic E-state index is 12.4. The number of halogens is 3. The van der Waals surface area contributed by atoms with Crippen molar-refractivity contribution in [3.63, 3.8) is 0 Å². The Kier molecular flexibility index (Phi) is 5.66. The molecular weight excluding hydrogens is 329 g/mol. The van der Waals surface area contributed by atoms with E-state index in [9.17, 15) is 22.8 Å². The molecule has 0 spiro atoms. The van der Waals surface area contributed by atoms with Crippen molar-refractivity contribution in [3.8, 4) is 5.75 Å². The van der Waals surface area contributed by atoms with Crippen molar-refractivity contribution in [3.05, 3.63) is 23.8 Å². The summed E-state index contributed by atoms with van der Waals surface area (Å²) in [7, 11) is 1.15. The van der Waals surface area contributed by atoms with Gasteiger partial charge >= 0.3 is 12.1 Å². The molecule has 6 nitrogen and oxygen atoms in total. The lowest BCUT2D eigenvalue weighted by molar-refractivity contribution is -0.153. The molecule has 1 aliphatic rings. The van der Waals surface area contributed by atoms with Gasteiger partial charge in [0.25, 0.3) is 0 Å². The van der Waals surface area contributed by atoms with E-state index >= 15 is 0 Å². The zero-order valence-corrected chi connectivity index (χ0v) is 12.9. The number of nitrogens with one attached hydrogen (secondary N) is 2. The highest BCUT2D eigenvalue weighted by atomic mass is 19.4. The number of rotatable bonds is 5. The molecule has 1 amide bonds. The summed E-state index contributed by atoms with van der Waals surface area (Å²) in [5, 5.41) is 5.58. The predicted molar refractivity (Wildman–Crippen MR) is 78.9 cm³/mol. The molecule has 2 rings (SSSR count). The molecule has 1 unspecified atom stereocenters. The standard InChI is InChI=1S/C15H17F3N2O4/c1-23-14(22)9-2-3-11(12(6-9)24-8-15(16,17)18)20-13(21)10-4-5-19-7-10/h2-3,6,10,19H,4-5,7-8H2,1H3,(H,20,21). The maximum absolute atomic E-state index is 12.4. The van der Waals surface area contributed by atoms with E-state index in [0.29, 0.717) is 19.5 Å². The Morgan fingerprint density at radius 3 is 2.71 bits per heavy atom. The van der Waals surface area contributed by atoms with Crippen LogP contribution in [0.2, 0.25) is 0 Å². The van der Waals surface area contributed by atoms with E-state index in [4.69, 9.17) is 4.74 Å². The van der Waals surface area contributed by atoms with Gasteiger partial charge in [-0.05, 0) is 31.2 Å². The third kappa shape index (κ3) is 4.85. The van der Waals surface area contributed by atoms with Crippen molar-refractivity contribution in [1.29, 1.82) is 0 Å². The number of alkyl halides is 3. The van der Waals surface area contributed by atoms with Crippen LogP contribution in [0.3, 0.4) is 0 Å². The van der Waals surface area contributed by atoms with Crippen molar-refractivity contribution in [1.82, 2.24) is 5.32 Å². The molecule has 1 aromatic carbocycles. The van der Waals surface area contributed by atoms with Gasteiger partial charge in [0, 0.05) is 6.54 Å². The first-order valence-corrected chi connectivity index (χ1v) is 7.23. The van der Waals surface area contributed by atoms with Gasteiger partial charge in [0.1, 0.15) is 5.75 Å². The minimum Gasteiger partial charge on any atom is -0.482 e. The minimum absolute atomic E-state index is 0.0233. The quantitative estimate of drug-likeness (QED) is 0.797. The van der Waals surface area contributed by atoms with Gasteiger partial charge in [-0.3, -0.25) is 4.79 Å². The number of hydrogen-bond acceptors (Lipinski definition) is 5. The fraction of sp³-hybridized carbons (Fsp3) is 0.467. The molecule has 132 valence electrons. The number of carbonyl (C=O) groups is 2. The number of anilines is 1. The number of amides is 1. The zero-order chi connectivity index (χ0) is 17.7. The molecule has 1 aliphatic heterocycles. The lowest BCUT2D eigenvalue weighted by atomic mass is 10.1. The molecule has 1 fully saturated rings. The van der Waals surface area contributed by atoms with Gasteiger partial charge in [-0.2, -0.15) is 13.2 Å². The minimum atomic E-state index is -4.54. The molecule has 0 radical (unpaired) electrons. The second-order valence-electron chi connectivity index (χ2n) is 5.29. The Morgan fingerprint density at radius 2 is 2.12 bits per heavy atom. The van der Waals surface area contributed by atoms with Crippen LogP contribution in [-0.2, 0) is 9.53 Å². The molecule has 1 heterocycles. The highest BCUT2D eigenvalue weighted by Crippen LogP contribution is 2.29. The SMILES string of the molecule is COC(=O)c1ccc(NC(=O)C2CCNC2)c(OCC(F)(F)F)c1. The molecule has 0 aliphatic carbocycles. The van der Waals surface area contributed by atoms with Crippen LogP contribution >= 0.6 is 0 Å². The molecule has 1 saturated heterocycles. The van der Waals surface area contributed by atoms with E-state index in [1.54, 1.807) is 0 Å². The zero-order valence-electron chi connectivity index (χ0n) is 12.9. The summed E-state index contributed by atoms with van der Waals surface area (Å²) in [6.45, 7) is -0.326. The number of esters is 1. The largest absolute Gasteiger partial charge is 0.482 e. The first-order valence-electron chi connectivity index (χ1n) is 7.23. The summed E-state index contributed by atoms with van der Waals surface area (Å²) >= 11 is 0. The van der Waals surface area contributed by atoms with Crippen molar-refractivity contribution < 1.29 is 32.2 Å².